The number of aromatic hydroxyl groups is 1. The average molecular weight is 483 g/mol. The monoisotopic (exact) mass is 483 g/mol. The highest BCUT2D eigenvalue weighted by Gasteiger charge is 2.73. The molecule has 0 aromatic heterocycles. The Morgan fingerprint density at radius 3 is 2.81 bits per heavy atom. The van der Waals surface area contributed by atoms with Crippen LogP contribution in [-0.4, -0.2) is 56.7 Å². The first kappa shape index (κ1) is 18.2. The lowest BCUT2D eigenvalue weighted by Crippen LogP contribution is -2.76. The van der Waals surface area contributed by atoms with E-state index in [0.717, 1.165) is 43.0 Å². The third-order valence-corrected chi connectivity index (χ3v) is 7.56. The zero-order valence-electron chi connectivity index (χ0n) is 15.6. The van der Waals surface area contributed by atoms with Crippen LogP contribution in [0.4, 0.5) is 0 Å². The molecule has 1 saturated heterocycles. The minimum absolute atomic E-state index is 0.0454. The first-order chi connectivity index (χ1) is 13.0. The molecule has 6 rings (SSSR count). The smallest absolute Gasteiger partial charge is 0.174 e. The summed E-state index contributed by atoms with van der Waals surface area (Å²) in [5.41, 5.74) is 0.454. The number of likely N-dealkylation sites (tertiary alicyclic amines) is 1. The van der Waals surface area contributed by atoms with E-state index in [1.807, 2.05) is 11.0 Å². The largest absolute Gasteiger partial charge is 0.504 e. The standard InChI is InChI=1S/C20H23NO4.CH3I/c22-13-4-3-12-9-15-20(24)6-5-14(23)18-19(20,16(12)17(13)25-18)7-8-21(15)10-11-1-2-11;1-2/h3-4,11,15,18,22,24H,1-2,5-10H2;1H3/t15-,18+,19+,20-;/m1./s1. The second-order valence-electron chi connectivity index (χ2n) is 8.72. The number of rotatable bonds is 2. The van der Waals surface area contributed by atoms with E-state index in [2.05, 4.69) is 27.5 Å². The van der Waals surface area contributed by atoms with Crippen molar-refractivity contribution in [3.63, 3.8) is 0 Å². The molecule has 1 aromatic carbocycles. The van der Waals surface area contributed by atoms with Crippen molar-refractivity contribution >= 4 is 28.4 Å². The van der Waals surface area contributed by atoms with E-state index < -0.39 is 17.1 Å². The van der Waals surface area contributed by atoms with Gasteiger partial charge in [-0.15, -0.1) is 0 Å². The number of piperidine rings is 1. The van der Waals surface area contributed by atoms with Crippen molar-refractivity contribution in [1.29, 1.82) is 0 Å². The number of phenolic OH excluding ortho intramolecular Hbond substituents is 1. The predicted octanol–water partition coefficient (Wildman–Crippen LogP) is 2.58. The minimum atomic E-state index is -0.940. The molecule has 4 atom stereocenters. The number of carbonyl (C=O) groups excluding carboxylic acids is 1. The molecule has 2 bridgehead atoms. The van der Waals surface area contributed by atoms with Gasteiger partial charge in [0.15, 0.2) is 23.4 Å². The van der Waals surface area contributed by atoms with E-state index in [1.54, 1.807) is 6.07 Å². The molecule has 5 nitrogen and oxygen atoms in total. The number of phenols is 1. The Kier molecular flexibility index (Phi) is 4.09. The number of benzene rings is 1. The molecule has 0 radical (unpaired) electrons. The molecule has 27 heavy (non-hydrogen) atoms. The normalized spacial score (nSPS) is 38.6. The second-order valence-corrected chi connectivity index (χ2v) is 8.72. The van der Waals surface area contributed by atoms with Gasteiger partial charge in [-0.25, -0.2) is 0 Å². The molecule has 2 N–H and O–H groups in total. The number of hydrogen-bond donors (Lipinski definition) is 2. The molecule has 0 amide bonds. The van der Waals surface area contributed by atoms with Crippen LogP contribution >= 0.6 is 22.6 Å². The summed E-state index contributed by atoms with van der Waals surface area (Å²) in [4.78, 5) is 17.2. The van der Waals surface area contributed by atoms with E-state index >= 15 is 0 Å². The van der Waals surface area contributed by atoms with Crippen LogP contribution < -0.4 is 4.74 Å². The molecule has 3 aliphatic carbocycles. The van der Waals surface area contributed by atoms with Gasteiger partial charge in [-0.1, -0.05) is 28.7 Å². The van der Waals surface area contributed by atoms with Crippen molar-refractivity contribution in [1.82, 2.24) is 4.90 Å². The van der Waals surface area contributed by atoms with E-state index in [1.165, 1.54) is 12.8 Å². The van der Waals surface area contributed by atoms with Crippen molar-refractivity contribution in [2.24, 2.45) is 5.92 Å². The van der Waals surface area contributed by atoms with Crippen molar-refractivity contribution in [3.05, 3.63) is 23.3 Å². The van der Waals surface area contributed by atoms with Crippen LogP contribution in [0.15, 0.2) is 12.1 Å². The van der Waals surface area contributed by atoms with Crippen LogP contribution in [0.5, 0.6) is 11.5 Å². The second kappa shape index (κ2) is 6.07. The quantitative estimate of drug-likeness (QED) is 0.500. The lowest BCUT2D eigenvalue weighted by atomic mass is 9.49. The Labute approximate surface area is 173 Å². The zero-order chi connectivity index (χ0) is 19.0. The summed E-state index contributed by atoms with van der Waals surface area (Å²) in [6, 6.07) is 3.69. The summed E-state index contributed by atoms with van der Waals surface area (Å²) >= 11 is 2.15. The average Bonchev–Trinajstić information content (AvgIpc) is 3.41. The molecule has 2 heterocycles. The Morgan fingerprint density at radius 2 is 2.07 bits per heavy atom. The van der Waals surface area contributed by atoms with Gasteiger partial charge in [-0.3, -0.25) is 9.69 Å². The van der Waals surface area contributed by atoms with Crippen molar-refractivity contribution < 1.29 is 19.7 Å². The Morgan fingerprint density at radius 1 is 1.30 bits per heavy atom. The number of halogens is 1. The van der Waals surface area contributed by atoms with Gasteiger partial charge >= 0.3 is 0 Å². The van der Waals surface area contributed by atoms with Gasteiger partial charge in [0, 0.05) is 24.6 Å². The summed E-state index contributed by atoms with van der Waals surface area (Å²) in [6.45, 7) is 1.95. The maximum Gasteiger partial charge on any atom is 0.174 e. The zero-order valence-corrected chi connectivity index (χ0v) is 17.7. The van der Waals surface area contributed by atoms with Crippen LogP contribution in [0.2, 0.25) is 0 Å². The first-order valence-corrected chi connectivity index (χ1v) is 12.1. The maximum absolute atomic E-state index is 12.7. The number of aliphatic hydroxyl groups is 1. The van der Waals surface area contributed by atoms with Gasteiger partial charge in [0.1, 0.15) is 0 Å². The van der Waals surface area contributed by atoms with E-state index in [9.17, 15) is 15.0 Å². The molecule has 146 valence electrons. The van der Waals surface area contributed by atoms with E-state index in [-0.39, 0.29) is 17.6 Å². The molecule has 1 aromatic rings. The maximum atomic E-state index is 12.7. The molecular formula is C21H26INO4. The molecule has 3 fully saturated rings. The van der Waals surface area contributed by atoms with Crippen LogP contribution in [0, 0.1) is 5.92 Å². The number of ketones is 1. The van der Waals surface area contributed by atoms with Crippen LogP contribution in [0.3, 0.4) is 0 Å². The first-order valence-electron chi connectivity index (χ1n) is 9.93. The van der Waals surface area contributed by atoms with Crippen LogP contribution in [0.1, 0.15) is 43.2 Å². The lowest BCUT2D eigenvalue weighted by molar-refractivity contribution is -0.188. The number of carbonyl (C=O) groups is 1. The van der Waals surface area contributed by atoms with Gasteiger partial charge in [-0.05, 0) is 61.1 Å². The fourth-order valence-corrected chi connectivity index (χ4v) is 6.26. The number of Topliss-reactive ketones (excluding diaryl/α,β-unsaturated/α-hetero) is 1. The summed E-state index contributed by atoms with van der Waals surface area (Å²) < 4.78 is 6.04. The molecule has 2 aliphatic heterocycles. The molecule has 5 aliphatic rings. The van der Waals surface area contributed by atoms with Gasteiger partial charge in [0.2, 0.25) is 0 Å². The molecule has 1 spiro atoms. The Balaban J connectivity index is 0.000000777. The van der Waals surface area contributed by atoms with Gasteiger partial charge < -0.3 is 14.9 Å². The highest BCUT2D eigenvalue weighted by Crippen LogP contribution is 2.64. The molecule has 0 unspecified atom stereocenters. The third-order valence-electron chi connectivity index (χ3n) is 7.56. The summed E-state index contributed by atoms with van der Waals surface area (Å²) in [5.74, 6) is 1.39. The SMILES string of the molecule is CI.O=C1CC[C@@]2(O)[C@H]3Cc4ccc(O)c5c4[C@@]2(CCN3CC2CC2)[C@H]1O5. The third kappa shape index (κ3) is 2.20. The Bertz CT molecular complexity index is 810. The highest BCUT2D eigenvalue weighted by molar-refractivity contribution is 14.1. The molecule has 6 heteroatoms. The van der Waals surface area contributed by atoms with E-state index in [0.29, 0.717) is 18.6 Å². The van der Waals surface area contributed by atoms with Gasteiger partial charge in [0.25, 0.3) is 0 Å². The Hall–Kier alpha value is -0.860. The highest BCUT2D eigenvalue weighted by atomic mass is 127. The van der Waals surface area contributed by atoms with Crippen molar-refractivity contribution in [3.8, 4) is 11.5 Å². The number of ether oxygens (including phenoxy) is 1. The summed E-state index contributed by atoms with van der Waals surface area (Å²) in [5, 5.41) is 22.3. The topological polar surface area (TPSA) is 70.0 Å². The number of nitrogens with zero attached hydrogens (tertiary/aromatic N) is 1. The lowest BCUT2D eigenvalue weighted by Gasteiger charge is -2.62. The molecular weight excluding hydrogens is 457 g/mol. The fraction of sp³-hybridized carbons (Fsp3) is 0.667. The van der Waals surface area contributed by atoms with E-state index in [4.69, 9.17) is 4.74 Å². The number of hydrogen-bond acceptors (Lipinski definition) is 5. The van der Waals surface area contributed by atoms with Crippen molar-refractivity contribution in [2.75, 3.05) is 18.0 Å². The van der Waals surface area contributed by atoms with Crippen LogP contribution in [0.25, 0.3) is 0 Å². The fourth-order valence-electron chi connectivity index (χ4n) is 6.26. The van der Waals surface area contributed by atoms with Crippen molar-refractivity contribution in [2.45, 2.75) is 61.7 Å². The predicted molar refractivity (Wildman–Crippen MR) is 110 cm³/mol. The van der Waals surface area contributed by atoms with Crippen LogP contribution in [-0.2, 0) is 16.6 Å². The van der Waals surface area contributed by atoms with Gasteiger partial charge in [-0.2, -0.15) is 0 Å². The minimum Gasteiger partial charge on any atom is -0.504 e. The molecule has 2 saturated carbocycles. The van der Waals surface area contributed by atoms with Gasteiger partial charge in [0.05, 0.1) is 11.0 Å². The summed E-state index contributed by atoms with van der Waals surface area (Å²) in [6.07, 6.45) is 4.33. The summed E-state index contributed by atoms with van der Waals surface area (Å²) in [7, 11) is 0. The number of alkyl halides is 1.